The maximum Gasteiger partial charge on any atom is 0.0553 e. The van der Waals surface area contributed by atoms with E-state index in [2.05, 4.69) is 13.8 Å². The van der Waals surface area contributed by atoms with Gasteiger partial charge in [0, 0.05) is 6.54 Å². The molecule has 0 saturated carbocycles. The third kappa shape index (κ3) is 24.7. The smallest absolute Gasteiger partial charge is 0.0553 e. The van der Waals surface area contributed by atoms with Gasteiger partial charge in [-0.15, -0.1) is 0 Å². The van der Waals surface area contributed by atoms with Crippen LogP contribution in [-0.2, 0) is 0 Å². The molecule has 0 aliphatic carbocycles. The van der Waals surface area contributed by atoms with Gasteiger partial charge in [0.05, 0.1) is 6.61 Å². The molecule has 0 aromatic heterocycles. The van der Waals surface area contributed by atoms with Gasteiger partial charge in [0.1, 0.15) is 0 Å². The van der Waals surface area contributed by atoms with Crippen LogP contribution in [0.3, 0.4) is 0 Å². The summed E-state index contributed by atoms with van der Waals surface area (Å²) in [5.41, 5.74) is 4.78. The van der Waals surface area contributed by atoms with E-state index in [0.29, 0.717) is 6.54 Å². The first-order valence-electron chi connectivity index (χ1n) is 4.14. The molecular formula is C8H21NO. The van der Waals surface area contributed by atoms with Crippen LogP contribution in [0.5, 0.6) is 0 Å². The molecule has 0 aromatic carbocycles. The molecule has 10 heavy (non-hydrogen) atoms. The molecule has 2 nitrogen and oxygen atoms in total. The summed E-state index contributed by atoms with van der Waals surface area (Å²) in [6.07, 6.45) is 5.54. The largest absolute Gasteiger partial charge is 0.395 e. The van der Waals surface area contributed by atoms with Crippen molar-refractivity contribution in [2.75, 3.05) is 13.2 Å². The molecule has 64 valence electrons. The van der Waals surface area contributed by atoms with Crippen LogP contribution in [-0.4, -0.2) is 18.3 Å². The Hall–Kier alpha value is -0.0800. The Balaban J connectivity index is 0. The van der Waals surface area contributed by atoms with E-state index in [9.17, 15) is 0 Å². The van der Waals surface area contributed by atoms with E-state index in [1.165, 1.54) is 25.7 Å². The molecule has 0 spiro atoms. The van der Waals surface area contributed by atoms with Crippen molar-refractivity contribution in [3.8, 4) is 0 Å². The quantitative estimate of drug-likeness (QED) is 0.592. The van der Waals surface area contributed by atoms with Crippen LogP contribution in [0.2, 0.25) is 0 Å². The molecule has 0 saturated heterocycles. The van der Waals surface area contributed by atoms with Crippen molar-refractivity contribution in [3.05, 3.63) is 0 Å². The molecule has 0 heterocycles. The first-order chi connectivity index (χ1) is 4.83. The minimum atomic E-state index is 0.0972. The second kappa shape index (κ2) is 16.0. The Morgan fingerprint density at radius 1 is 1.10 bits per heavy atom. The predicted octanol–water partition coefficient (Wildman–Crippen LogP) is 1.52. The molecule has 2 heteroatoms. The van der Waals surface area contributed by atoms with Crippen molar-refractivity contribution in [1.82, 2.24) is 0 Å². The summed E-state index contributed by atoms with van der Waals surface area (Å²) < 4.78 is 0. The molecule has 0 radical (unpaired) electrons. The fourth-order valence-electron chi connectivity index (χ4n) is 0.500. The highest BCUT2D eigenvalue weighted by Gasteiger charge is 1.75. The highest BCUT2D eigenvalue weighted by molar-refractivity contribution is 4.31. The lowest BCUT2D eigenvalue weighted by Crippen LogP contribution is -2.02. The Kier molecular flexibility index (Phi) is 20.1. The van der Waals surface area contributed by atoms with E-state index in [0.717, 1.165) is 0 Å². The molecule has 0 bridgehead atoms. The summed E-state index contributed by atoms with van der Waals surface area (Å²) in [4.78, 5) is 0. The molecule has 0 rings (SSSR count). The number of nitrogens with two attached hydrogens (primary N) is 1. The van der Waals surface area contributed by atoms with Gasteiger partial charge in [-0.05, 0) is 0 Å². The van der Waals surface area contributed by atoms with Crippen molar-refractivity contribution in [2.45, 2.75) is 39.5 Å². The molecule has 0 unspecified atom stereocenters. The van der Waals surface area contributed by atoms with E-state index in [-0.39, 0.29) is 6.61 Å². The second-order valence-corrected chi connectivity index (χ2v) is 2.22. The number of hydrogen-bond acceptors (Lipinski definition) is 2. The zero-order valence-electron chi connectivity index (χ0n) is 7.27. The molecule has 0 atom stereocenters. The second-order valence-electron chi connectivity index (χ2n) is 2.22. The Morgan fingerprint density at radius 2 is 1.40 bits per heavy atom. The average Bonchev–Trinajstić information content (AvgIpc) is 2.01. The third-order valence-electron chi connectivity index (χ3n) is 1.09. The summed E-state index contributed by atoms with van der Waals surface area (Å²) in [5.74, 6) is 0. The van der Waals surface area contributed by atoms with Crippen LogP contribution in [0.15, 0.2) is 0 Å². The number of hydrogen-bond donors (Lipinski definition) is 2. The zero-order chi connectivity index (χ0) is 8.24. The van der Waals surface area contributed by atoms with Crippen molar-refractivity contribution in [2.24, 2.45) is 5.73 Å². The van der Waals surface area contributed by atoms with Crippen molar-refractivity contribution >= 4 is 0 Å². The topological polar surface area (TPSA) is 46.2 Å². The van der Waals surface area contributed by atoms with Crippen molar-refractivity contribution < 1.29 is 5.11 Å². The fraction of sp³-hybridized carbons (Fsp3) is 1.00. The number of aliphatic hydroxyl groups is 1. The normalized spacial score (nSPS) is 8.40. The summed E-state index contributed by atoms with van der Waals surface area (Å²) in [7, 11) is 0. The third-order valence-corrected chi connectivity index (χ3v) is 1.09. The van der Waals surface area contributed by atoms with Gasteiger partial charge in [-0.25, -0.2) is 0 Å². The van der Waals surface area contributed by atoms with Gasteiger partial charge in [0.2, 0.25) is 0 Å². The van der Waals surface area contributed by atoms with Gasteiger partial charge in [0.25, 0.3) is 0 Å². The van der Waals surface area contributed by atoms with Gasteiger partial charge in [-0.2, -0.15) is 0 Å². The van der Waals surface area contributed by atoms with Gasteiger partial charge in [0.15, 0.2) is 0 Å². The summed E-state index contributed by atoms with van der Waals surface area (Å²) in [6, 6.07) is 0. The Labute approximate surface area is 64.4 Å². The van der Waals surface area contributed by atoms with Gasteiger partial charge >= 0.3 is 0 Å². The molecule has 0 aliphatic rings. The van der Waals surface area contributed by atoms with E-state index >= 15 is 0 Å². The summed E-state index contributed by atoms with van der Waals surface area (Å²) >= 11 is 0. The molecular weight excluding hydrogens is 126 g/mol. The van der Waals surface area contributed by atoms with E-state index in [4.69, 9.17) is 10.8 Å². The average molecular weight is 147 g/mol. The van der Waals surface area contributed by atoms with Crippen LogP contribution in [0.1, 0.15) is 39.5 Å². The summed E-state index contributed by atoms with van der Waals surface area (Å²) in [6.45, 7) is 4.94. The maximum atomic E-state index is 7.75. The highest BCUT2D eigenvalue weighted by atomic mass is 16.3. The first-order valence-corrected chi connectivity index (χ1v) is 4.14. The number of unbranched alkanes of at least 4 members (excludes halogenated alkanes) is 3. The van der Waals surface area contributed by atoms with Crippen LogP contribution in [0.25, 0.3) is 0 Å². The lowest BCUT2D eigenvalue weighted by Gasteiger charge is -1.86. The van der Waals surface area contributed by atoms with Crippen LogP contribution < -0.4 is 5.73 Å². The standard InChI is InChI=1S/C6H14.C2H7NO/c1-3-5-6-4-2;3-1-2-4/h3-6H2,1-2H3;4H,1-3H2. The van der Waals surface area contributed by atoms with Crippen LogP contribution in [0, 0.1) is 0 Å². The lowest BCUT2D eigenvalue weighted by molar-refractivity contribution is 0.306. The van der Waals surface area contributed by atoms with Gasteiger partial charge in [-0.1, -0.05) is 39.5 Å². The zero-order valence-corrected chi connectivity index (χ0v) is 7.27. The first kappa shape index (κ1) is 12.6. The Morgan fingerprint density at radius 3 is 1.50 bits per heavy atom. The highest BCUT2D eigenvalue weighted by Crippen LogP contribution is 1.95. The molecule has 0 amide bonds. The SMILES string of the molecule is CCCCCC.NCCO. The van der Waals surface area contributed by atoms with Crippen LogP contribution >= 0.6 is 0 Å². The van der Waals surface area contributed by atoms with Crippen LogP contribution in [0.4, 0.5) is 0 Å². The Bertz CT molecular complexity index is 34.2. The lowest BCUT2D eigenvalue weighted by atomic mass is 10.2. The summed E-state index contributed by atoms with van der Waals surface area (Å²) in [5, 5.41) is 7.75. The van der Waals surface area contributed by atoms with E-state index < -0.39 is 0 Å². The van der Waals surface area contributed by atoms with Crippen molar-refractivity contribution in [3.63, 3.8) is 0 Å². The van der Waals surface area contributed by atoms with Gasteiger partial charge in [-0.3, -0.25) is 0 Å². The minimum Gasteiger partial charge on any atom is -0.395 e. The molecule has 0 aromatic rings. The monoisotopic (exact) mass is 147 g/mol. The molecule has 3 N–H and O–H groups in total. The van der Waals surface area contributed by atoms with Crippen molar-refractivity contribution in [1.29, 1.82) is 0 Å². The number of aliphatic hydroxyl groups excluding tert-OH is 1. The number of rotatable bonds is 4. The van der Waals surface area contributed by atoms with Gasteiger partial charge < -0.3 is 10.8 Å². The fourth-order valence-corrected chi connectivity index (χ4v) is 0.500. The molecule has 0 fully saturated rings. The van der Waals surface area contributed by atoms with E-state index in [1.807, 2.05) is 0 Å². The predicted molar refractivity (Wildman–Crippen MR) is 46.0 cm³/mol. The van der Waals surface area contributed by atoms with E-state index in [1.54, 1.807) is 0 Å². The maximum absolute atomic E-state index is 7.75. The minimum absolute atomic E-state index is 0.0972. The molecule has 0 aliphatic heterocycles.